The van der Waals surface area contributed by atoms with Crippen molar-refractivity contribution < 1.29 is 14.3 Å². The van der Waals surface area contributed by atoms with Crippen LogP contribution in [0.2, 0.25) is 0 Å². The van der Waals surface area contributed by atoms with Crippen molar-refractivity contribution in [3.63, 3.8) is 0 Å². The molecule has 5 nitrogen and oxygen atoms in total. The number of nitrogen functional groups attached to an aromatic ring is 1. The molecule has 2 aromatic rings. The molecule has 1 heterocycles. The summed E-state index contributed by atoms with van der Waals surface area (Å²) in [5, 5.41) is 13.6. The van der Waals surface area contributed by atoms with Crippen molar-refractivity contribution in [1.82, 2.24) is 5.32 Å². The first kappa shape index (κ1) is 13.9. The highest BCUT2D eigenvalue weighted by atomic mass is 16.3. The summed E-state index contributed by atoms with van der Waals surface area (Å²) in [5.74, 6) is 0.172. The molecule has 1 amide bonds. The van der Waals surface area contributed by atoms with Gasteiger partial charge < -0.3 is 20.6 Å². The van der Waals surface area contributed by atoms with Crippen LogP contribution in [0.15, 0.2) is 28.7 Å². The van der Waals surface area contributed by atoms with E-state index in [1.54, 1.807) is 24.3 Å². The highest BCUT2D eigenvalue weighted by molar-refractivity contribution is 5.96. The summed E-state index contributed by atoms with van der Waals surface area (Å²) in [6.45, 7) is 0.485. The number of carbonyl (C=O) groups is 1. The Morgan fingerprint density at radius 2 is 2.14 bits per heavy atom. The van der Waals surface area contributed by atoms with Gasteiger partial charge in [0.15, 0.2) is 5.76 Å². The number of carbonyl (C=O) groups excluding carboxylic acids is 1. The molecule has 3 rings (SSSR count). The molecule has 2 unspecified atom stereocenters. The van der Waals surface area contributed by atoms with Crippen LogP contribution < -0.4 is 11.1 Å². The van der Waals surface area contributed by atoms with Gasteiger partial charge in [0.25, 0.3) is 5.91 Å². The second-order valence-corrected chi connectivity index (χ2v) is 5.73. The molecule has 1 saturated carbocycles. The van der Waals surface area contributed by atoms with Crippen molar-refractivity contribution in [3.05, 3.63) is 30.0 Å². The molecule has 4 N–H and O–H groups in total. The summed E-state index contributed by atoms with van der Waals surface area (Å²) in [4.78, 5) is 12.1. The van der Waals surface area contributed by atoms with Gasteiger partial charge in [0.2, 0.25) is 0 Å². The predicted octanol–water partition coefficient (Wildman–Crippen LogP) is 2.30. The first-order valence-corrected chi connectivity index (χ1v) is 7.39. The third-order valence-corrected chi connectivity index (χ3v) is 4.16. The average molecular weight is 288 g/mol. The van der Waals surface area contributed by atoms with Crippen LogP contribution in [0.4, 0.5) is 5.69 Å². The molecule has 21 heavy (non-hydrogen) atoms. The number of benzene rings is 1. The standard InChI is InChI=1S/C16H20N2O3/c17-12-5-6-14-11(7-12)8-15(21-14)16(20)18-9-10-3-1-2-4-13(10)19/h5-8,10,13,19H,1-4,9,17H2,(H,18,20). The lowest BCUT2D eigenvalue weighted by atomic mass is 9.86. The molecule has 5 heteroatoms. The Bertz CT molecular complexity index is 650. The molecule has 2 atom stereocenters. The molecule has 1 aliphatic rings. The van der Waals surface area contributed by atoms with E-state index in [1.165, 1.54) is 0 Å². The van der Waals surface area contributed by atoms with Crippen molar-refractivity contribution in [1.29, 1.82) is 0 Å². The fourth-order valence-corrected chi connectivity index (χ4v) is 2.91. The Morgan fingerprint density at radius 1 is 1.33 bits per heavy atom. The van der Waals surface area contributed by atoms with Crippen LogP contribution in [0.5, 0.6) is 0 Å². The van der Waals surface area contributed by atoms with Crippen molar-refractivity contribution in [2.45, 2.75) is 31.8 Å². The number of anilines is 1. The Balaban J connectivity index is 1.66. The number of furan rings is 1. The van der Waals surface area contributed by atoms with Crippen LogP contribution in [-0.4, -0.2) is 23.7 Å². The maximum atomic E-state index is 12.1. The minimum atomic E-state index is -0.311. The van der Waals surface area contributed by atoms with Crippen LogP contribution in [0.25, 0.3) is 11.0 Å². The molecule has 1 aromatic carbocycles. The lowest BCUT2D eigenvalue weighted by molar-refractivity contribution is 0.0656. The maximum absolute atomic E-state index is 12.1. The Labute approximate surface area is 123 Å². The zero-order chi connectivity index (χ0) is 14.8. The maximum Gasteiger partial charge on any atom is 0.287 e. The van der Waals surface area contributed by atoms with E-state index in [2.05, 4.69) is 5.32 Å². The largest absolute Gasteiger partial charge is 0.451 e. The fourth-order valence-electron chi connectivity index (χ4n) is 2.91. The smallest absolute Gasteiger partial charge is 0.287 e. The van der Waals surface area contributed by atoms with Crippen LogP contribution in [0.1, 0.15) is 36.2 Å². The minimum Gasteiger partial charge on any atom is -0.451 e. The number of fused-ring (bicyclic) bond motifs is 1. The third kappa shape index (κ3) is 3.03. The van der Waals surface area contributed by atoms with E-state index >= 15 is 0 Å². The Morgan fingerprint density at radius 3 is 2.95 bits per heavy atom. The number of hydrogen-bond donors (Lipinski definition) is 3. The predicted molar refractivity (Wildman–Crippen MR) is 80.9 cm³/mol. The normalized spacial score (nSPS) is 22.3. The van der Waals surface area contributed by atoms with Crippen LogP contribution >= 0.6 is 0 Å². The minimum absolute atomic E-state index is 0.141. The average Bonchev–Trinajstić information content (AvgIpc) is 2.89. The lowest BCUT2D eigenvalue weighted by Crippen LogP contribution is -2.36. The summed E-state index contributed by atoms with van der Waals surface area (Å²) >= 11 is 0. The summed E-state index contributed by atoms with van der Waals surface area (Å²) in [6.07, 6.45) is 3.65. The van der Waals surface area contributed by atoms with Gasteiger partial charge in [-0.05, 0) is 37.1 Å². The van der Waals surface area contributed by atoms with Gasteiger partial charge in [0, 0.05) is 23.5 Å². The van der Waals surface area contributed by atoms with E-state index < -0.39 is 0 Å². The van der Waals surface area contributed by atoms with E-state index in [-0.39, 0.29) is 23.7 Å². The number of aliphatic hydroxyl groups excluding tert-OH is 1. The SMILES string of the molecule is Nc1ccc2oc(C(=O)NCC3CCCCC3O)cc2c1. The topological polar surface area (TPSA) is 88.5 Å². The number of nitrogens with one attached hydrogen (secondary N) is 1. The van der Waals surface area contributed by atoms with Crippen molar-refractivity contribution in [2.75, 3.05) is 12.3 Å². The van der Waals surface area contributed by atoms with Gasteiger partial charge in [-0.25, -0.2) is 0 Å². The number of nitrogens with two attached hydrogens (primary N) is 1. The molecular formula is C16H20N2O3. The van der Waals surface area contributed by atoms with Gasteiger partial charge in [-0.1, -0.05) is 12.8 Å². The van der Waals surface area contributed by atoms with Gasteiger partial charge in [-0.15, -0.1) is 0 Å². The quantitative estimate of drug-likeness (QED) is 0.756. The first-order chi connectivity index (χ1) is 10.1. The van der Waals surface area contributed by atoms with Gasteiger partial charge in [0.1, 0.15) is 5.58 Å². The highest BCUT2D eigenvalue weighted by Gasteiger charge is 2.24. The highest BCUT2D eigenvalue weighted by Crippen LogP contribution is 2.24. The summed E-state index contributed by atoms with van der Waals surface area (Å²) in [5.41, 5.74) is 7.00. The molecular weight excluding hydrogens is 268 g/mol. The third-order valence-electron chi connectivity index (χ3n) is 4.16. The van der Waals surface area contributed by atoms with Crippen molar-refractivity contribution in [3.8, 4) is 0 Å². The summed E-state index contributed by atoms with van der Waals surface area (Å²) < 4.78 is 5.52. The molecule has 0 spiro atoms. The summed E-state index contributed by atoms with van der Waals surface area (Å²) in [6, 6.07) is 6.97. The Kier molecular flexibility index (Phi) is 3.84. The summed E-state index contributed by atoms with van der Waals surface area (Å²) in [7, 11) is 0. The van der Waals surface area contributed by atoms with E-state index in [4.69, 9.17) is 10.2 Å². The second-order valence-electron chi connectivity index (χ2n) is 5.73. The van der Waals surface area contributed by atoms with Crippen molar-refractivity contribution in [2.24, 2.45) is 5.92 Å². The van der Waals surface area contributed by atoms with Crippen LogP contribution in [0, 0.1) is 5.92 Å². The number of aliphatic hydroxyl groups is 1. The molecule has 0 bridgehead atoms. The van der Waals surface area contributed by atoms with Gasteiger partial charge in [-0.3, -0.25) is 4.79 Å². The van der Waals surface area contributed by atoms with E-state index in [1.807, 2.05) is 0 Å². The number of rotatable bonds is 3. The molecule has 112 valence electrons. The van der Waals surface area contributed by atoms with Crippen LogP contribution in [0.3, 0.4) is 0 Å². The van der Waals surface area contributed by atoms with Gasteiger partial charge >= 0.3 is 0 Å². The molecule has 1 fully saturated rings. The van der Waals surface area contributed by atoms with Crippen LogP contribution in [-0.2, 0) is 0 Å². The van der Waals surface area contributed by atoms with Gasteiger partial charge in [0.05, 0.1) is 6.10 Å². The first-order valence-electron chi connectivity index (χ1n) is 7.39. The van der Waals surface area contributed by atoms with Gasteiger partial charge in [-0.2, -0.15) is 0 Å². The Hall–Kier alpha value is -2.01. The molecule has 0 saturated heterocycles. The fraction of sp³-hybridized carbons (Fsp3) is 0.438. The monoisotopic (exact) mass is 288 g/mol. The number of amides is 1. The lowest BCUT2D eigenvalue weighted by Gasteiger charge is -2.27. The van der Waals surface area contributed by atoms with Crippen molar-refractivity contribution >= 4 is 22.6 Å². The van der Waals surface area contributed by atoms with E-state index in [0.717, 1.165) is 31.1 Å². The molecule has 0 radical (unpaired) electrons. The zero-order valence-electron chi connectivity index (χ0n) is 11.8. The molecule has 1 aromatic heterocycles. The second kappa shape index (κ2) is 5.77. The van der Waals surface area contributed by atoms with E-state index in [9.17, 15) is 9.90 Å². The number of hydrogen-bond acceptors (Lipinski definition) is 4. The van der Waals surface area contributed by atoms with E-state index in [0.29, 0.717) is 17.8 Å². The molecule has 0 aliphatic heterocycles. The molecule has 1 aliphatic carbocycles. The zero-order valence-corrected chi connectivity index (χ0v) is 11.8.